The van der Waals surface area contributed by atoms with Crippen molar-refractivity contribution in [3.8, 4) is 5.88 Å². The summed E-state index contributed by atoms with van der Waals surface area (Å²) in [5.74, 6) is 0.498. The molecule has 1 aromatic heterocycles. The number of aromatic nitrogens is 2. The lowest BCUT2D eigenvalue weighted by Crippen LogP contribution is -2.15. The van der Waals surface area contributed by atoms with Crippen LogP contribution in [-0.4, -0.2) is 15.1 Å². The van der Waals surface area contributed by atoms with Crippen LogP contribution >= 0.6 is 11.8 Å². The lowest BCUT2D eigenvalue weighted by atomic mass is 10.0. The first-order valence-corrected chi connectivity index (χ1v) is 8.13. The molecule has 0 fully saturated rings. The number of aromatic amines is 1. The van der Waals surface area contributed by atoms with Gasteiger partial charge in [-0.2, -0.15) is 4.98 Å². The molecule has 2 rings (SSSR count). The van der Waals surface area contributed by atoms with Crippen LogP contribution in [0.15, 0.2) is 34.2 Å². The van der Waals surface area contributed by atoms with E-state index in [-0.39, 0.29) is 17.3 Å². The molecular weight excluding hydrogens is 303 g/mol. The molecule has 118 valence electrons. The fraction of sp³-hybridized carbons (Fsp3) is 0.375. The lowest BCUT2D eigenvalue weighted by molar-refractivity contribution is 0.431. The molecule has 0 radical (unpaired) electrons. The minimum absolute atomic E-state index is 0.203. The molecule has 0 saturated carbocycles. The van der Waals surface area contributed by atoms with Gasteiger partial charge in [-0.1, -0.05) is 37.7 Å². The molecule has 4 nitrogen and oxygen atoms in total. The summed E-state index contributed by atoms with van der Waals surface area (Å²) in [5, 5.41) is 10.3. The van der Waals surface area contributed by atoms with Crippen LogP contribution in [0.25, 0.3) is 0 Å². The van der Waals surface area contributed by atoms with Crippen LogP contribution in [0.1, 0.15) is 31.4 Å². The van der Waals surface area contributed by atoms with Crippen LogP contribution in [0.3, 0.4) is 0 Å². The van der Waals surface area contributed by atoms with Crippen molar-refractivity contribution < 1.29 is 9.50 Å². The minimum Gasteiger partial charge on any atom is -0.493 e. The maximum Gasteiger partial charge on any atom is 0.258 e. The first kappa shape index (κ1) is 16.5. The van der Waals surface area contributed by atoms with E-state index < -0.39 is 0 Å². The highest BCUT2D eigenvalue weighted by Crippen LogP contribution is 2.22. The van der Waals surface area contributed by atoms with Crippen molar-refractivity contribution >= 4 is 11.8 Å². The largest absolute Gasteiger partial charge is 0.493 e. The van der Waals surface area contributed by atoms with Crippen molar-refractivity contribution in [2.75, 3.05) is 0 Å². The van der Waals surface area contributed by atoms with E-state index in [0.717, 1.165) is 12.0 Å². The van der Waals surface area contributed by atoms with E-state index in [2.05, 4.69) is 23.8 Å². The quantitative estimate of drug-likeness (QED) is 0.631. The zero-order chi connectivity index (χ0) is 16.1. The second-order valence-electron chi connectivity index (χ2n) is 5.52. The van der Waals surface area contributed by atoms with E-state index in [1.807, 2.05) is 0 Å². The van der Waals surface area contributed by atoms with Crippen molar-refractivity contribution in [2.45, 2.75) is 37.6 Å². The van der Waals surface area contributed by atoms with Gasteiger partial charge < -0.3 is 10.1 Å². The van der Waals surface area contributed by atoms with E-state index >= 15 is 0 Å². The predicted octanol–water partition coefficient (Wildman–Crippen LogP) is 3.50. The van der Waals surface area contributed by atoms with Gasteiger partial charge in [0.15, 0.2) is 5.16 Å². The van der Waals surface area contributed by atoms with Gasteiger partial charge in [0, 0.05) is 5.75 Å². The Hall–Kier alpha value is -1.82. The lowest BCUT2D eigenvalue weighted by Gasteiger charge is -2.07. The average Bonchev–Trinajstić information content (AvgIpc) is 2.45. The number of aromatic hydroxyl groups is 1. The van der Waals surface area contributed by atoms with Crippen molar-refractivity contribution in [1.82, 2.24) is 9.97 Å². The molecule has 22 heavy (non-hydrogen) atoms. The molecule has 0 aliphatic heterocycles. The molecule has 0 aliphatic carbocycles. The third-order valence-electron chi connectivity index (χ3n) is 3.23. The summed E-state index contributed by atoms with van der Waals surface area (Å²) in [5.41, 5.74) is 0.951. The van der Waals surface area contributed by atoms with Crippen molar-refractivity contribution in [2.24, 2.45) is 5.92 Å². The van der Waals surface area contributed by atoms with E-state index in [4.69, 9.17) is 0 Å². The number of nitrogens with one attached hydrogen (secondary N) is 1. The highest BCUT2D eigenvalue weighted by molar-refractivity contribution is 7.98. The number of benzene rings is 1. The van der Waals surface area contributed by atoms with Gasteiger partial charge in [0.25, 0.3) is 5.56 Å². The molecule has 2 aromatic rings. The number of thioether (sulfide) groups is 1. The summed E-state index contributed by atoms with van der Waals surface area (Å²) >= 11 is 1.29. The summed E-state index contributed by atoms with van der Waals surface area (Å²) in [4.78, 5) is 18.7. The van der Waals surface area contributed by atoms with Gasteiger partial charge in [-0.3, -0.25) is 4.79 Å². The van der Waals surface area contributed by atoms with E-state index in [9.17, 15) is 14.3 Å². The molecule has 2 N–H and O–H groups in total. The van der Waals surface area contributed by atoms with Gasteiger partial charge in [0.2, 0.25) is 5.88 Å². The van der Waals surface area contributed by atoms with Crippen LogP contribution in [0.4, 0.5) is 4.39 Å². The summed E-state index contributed by atoms with van der Waals surface area (Å²) in [7, 11) is 0. The standard InChI is InChI=1S/C16H19FN2O2S/c1-10(2)3-8-13-14(20)18-16(19-15(13)21)22-9-11-4-6-12(17)7-5-11/h4-7,10H,3,8-9H2,1-2H3,(H2,18,19,20,21). The van der Waals surface area contributed by atoms with E-state index in [1.165, 1.54) is 23.9 Å². The summed E-state index contributed by atoms with van der Waals surface area (Å²) < 4.78 is 12.8. The Bertz CT molecular complexity index is 684. The second kappa shape index (κ2) is 7.45. The van der Waals surface area contributed by atoms with Crippen LogP contribution in [0, 0.1) is 11.7 Å². The highest BCUT2D eigenvalue weighted by atomic mass is 32.2. The van der Waals surface area contributed by atoms with Crippen molar-refractivity contribution in [3.63, 3.8) is 0 Å². The van der Waals surface area contributed by atoms with Crippen LogP contribution in [-0.2, 0) is 12.2 Å². The van der Waals surface area contributed by atoms with Gasteiger partial charge in [-0.15, -0.1) is 0 Å². The van der Waals surface area contributed by atoms with Crippen LogP contribution < -0.4 is 5.56 Å². The second-order valence-corrected chi connectivity index (χ2v) is 6.48. The van der Waals surface area contributed by atoms with Gasteiger partial charge >= 0.3 is 0 Å². The van der Waals surface area contributed by atoms with Gasteiger partial charge in [0.1, 0.15) is 5.82 Å². The molecular formula is C16H19FN2O2S. The van der Waals surface area contributed by atoms with Crippen LogP contribution in [0.5, 0.6) is 5.88 Å². The molecule has 0 spiro atoms. The number of hydrogen-bond donors (Lipinski definition) is 2. The van der Waals surface area contributed by atoms with Gasteiger partial charge in [0.05, 0.1) is 5.56 Å². The Kier molecular flexibility index (Phi) is 5.60. The normalized spacial score (nSPS) is 11.1. The third-order valence-corrected chi connectivity index (χ3v) is 4.18. The summed E-state index contributed by atoms with van der Waals surface area (Å²) in [6, 6.07) is 6.13. The molecule has 1 heterocycles. The van der Waals surface area contributed by atoms with Crippen molar-refractivity contribution in [1.29, 1.82) is 0 Å². The number of H-pyrrole nitrogens is 1. The molecule has 0 amide bonds. The van der Waals surface area contributed by atoms with Gasteiger partial charge in [-0.25, -0.2) is 4.39 Å². The molecule has 0 aliphatic rings. The topological polar surface area (TPSA) is 66.0 Å². The van der Waals surface area contributed by atoms with Crippen LogP contribution in [0.2, 0.25) is 0 Å². The molecule has 6 heteroatoms. The zero-order valence-electron chi connectivity index (χ0n) is 12.6. The Morgan fingerprint density at radius 2 is 2.00 bits per heavy atom. The molecule has 0 unspecified atom stereocenters. The Balaban J connectivity index is 2.06. The third kappa shape index (κ3) is 4.59. The first-order valence-electron chi connectivity index (χ1n) is 7.15. The predicted molar refractivity (Wildman–Crippen MR) is 85.6 cm³/mol. The monoisotopic (exact) mass is 322 g/mol. The number of halogens is 1. The highest BCUT2D eigenvalue weighted by Gasteiger charge is 2.11. The zero-order valence-corrected chi connectivity index (χ0v) is 13.4. The van der Waals surface area contributed by atoms with Crippen molar-refractivity contribution in [3.05, 3.63) is 51.6 Å². The molecule has 0 bridgehead atoms. The fourth-order valence-electron chi connectivity index (χ4n) is 1.92. The fourth-order valence-corrected chi connectivity index (χ4v) is 2.74. The molecule has 0 atom stereocenters. The SMILES string of the molecule is CC(C)CCc1c(O)nc(SCc2ccc(F)cc2)[nH]c1=O. The average molecular weight is 322 g/mol. The van der Waals surface area contributed by atoms with E-state index in [0.29, 0.717) is 28.8 Å². The Labute approximate surface area is 132 Å². The number of nitrogens with zero attached hydrogens (tertiary/aromatic N) is 1. The number of rotatable bonds is 6. The minimum atomic E-state index is -0.297. The van der Waals surface area contributed by atoms with Gasteiger partial charge in [-0.05, 0) is 36.5 Å². The Morgan fingerprint density at radius 3 is 2.59 bits per heavy atom. The maximum atomic E-state index is 12.8. The summed E-state index contributed by atoms with van der Waals surface area (Å²) in [6.45, 7) is 4.12. The first-order chi connectivity index (χ1) is 10.5. The Morgan fingerprint density at radius 1 is 1.32 bits per heavy atom. The molecule has 0 saturated heterocycles. The van der Waals surface area contributed by atoms with E-state index in [1.54, 1.807) is 12.1 Å². The summed E-state index contributed by atoms with van der Waals surface area (Å²) in [6.07, 6.45) is 1.33. The maximum absolute atomic E-state index is 12.8. The smallest absolute Gasteiger partial charge is 0.258 e. The molecule has 1 aromatic carbocycles. The number of hydrogen-bond acceptors (Lipinski definition) is 4.